The maximum absolute atomic E-state index is 12.4. The zero-order chi connectivity index (χ0) is 21.3. The van der Waals surface area contributed by atoms with Crippen LogP contribution in [-0.2, 0) is 16.0 Å². The van der Waals surface area contributed by atoms with Crippen LogP contribution in [0.3, 0.4) is 0 Å². The van der Waals surface area contributed by atoms with Crippen LogP contribution in [0.2, 0.25) is 0 Å². The molecular formula is C23H36N4O2+2. The molecule has 2 rings (SSSR count). The Kier molecular flexibility index (Phi) is 8.69. The molecule has 6 heteroatoms. The van der Waals surface area contributed by atoms with E-state index < -0.39 is 5.54 Å². The monoisotopic (exact) mass is 400 g/mol. The van der Waals surface area contributed by atoms with Crippen molar-refractivity contribution in [2.24, 2.45) is 0 Å². The number of quaternary nitrogens is 2. The van der Waals surface area contributed by atoms with E-state index in [0.717, 1.165) is 56.7 Å². The summed E-state index contributed by atoms with van der Waals surface area (Å²) in [5.74, 6) is 2.81. The molecule has 0 aromatic heterocycles. The second-order valence-electron chi connectivity index (χ2n) is 7.89. The Bertz CT molecular complexity index is 729. The molecule has 1 aliphatic rings. The molecule has 4 N–H and O–H groups in total. The molecule has 1 aromatic carbocycles. The van der Waals surface area contributed by atoms with Crippen molar-refractivity contribution in [1.29, 1.82) is 0 Å². The summed E-state index contributed by atoms with van der Waals surface area (Å²) in [5, 5.41) is 6.09. The van der Waals surface area contributed by atoms with Crippen LogP contribution < -0.4 is 20.4 Å². The van der Waals surface area contributed by atoms with E-state index in [0.29, 0.717) is 13.1 Å². The van der Waals surface area contributed by atoms with Gasteiger partial charge in [0.2, 0.25) is 0 Å². The van der Waals surface area contributed by atoms with E-state index >= 15 is 0 Å². The SMILES string of the molecule is C#CC(CC)(CC)NC(=O)C[NH+]1CC[NH+](CC(=O)Nc2ccccc2CC)CC1. The van der Waals surface area contributed by atoms with Crippen molar-refractivity contribution in [2.75, 3.05) is 44.6 Å². The van der Waals surface area contributed by atoms with Crippen LogP contribution in [0.1, 0.15) is 39.2 Å². The van der Waals surface area contributed by atoms with E-state index in [2.05, 4.69) is 23.5 Å². The summed E-state index contributed by atoms with van der Waals surface area (Å²) < 4.78 is 0. The highest BCUT2D eigenvalue weighted by molar-refractivity contribution is 5.92. The van der Waals surface area contributed by atoms with E-state index in [1.54, 1.807) is 0 Å². The predicted octanol–water partition coefficient (Wildman–Crippen LogP) is -0.721. The summed E-state index contributed by atoms with van der Waals surface area (Å²) >= 11 is 0. The predicted molar refractivity (Wildman–Crippen MR) is 116 cm³/mol. The largest absolute Gasteiger partial charge is 0.335 e. The Morgan fingerprint density at radius 1 is 1.00 bits per heavy atom. The van der Waals surface area contributed by atoms with Gasteiger partial charge < -0.3 is 20.4 Å². The number of amides is 2. The van der Waals surface area contributed by atoms with Crippen molar-refractivity contribution >= 4 is 17.5 Å². The van der Waals surface area contributed by atoms with E-state index in [9.17, 15) is 9.59 Å². The van der Waals surface area contributed by atoms with Gasteiger partial charge in [-0.05, 0) is 30.9 Å². The number of piperazine rings is 1. The third kappa shape index (κ3) is 6.59. The zero-order valence-corrected chi connectivity index (χ0v) is 18.1. The first-order chi connectivity index (χ1) is 13.9. The molecule has 0 saturated carbocycles. The highest BCUT2D eigenvalue weighted by Crippen LogP contribution is 2.15. The first-order valence-corrected chi connectivity index (χ1v) is 10.8. The topological polar surface area (TPSA) is 67.1 Å². The number of hydrogen-bond donors (Lipinski definition) is 4. The van der Waals surface area contributed by atoms with Gasteiger partial charge in [-0.1, -0.05) is 44.9 Å². The highest BCUT2D eigenvalue weighted by Gasteiger charge is 2.30. The Labute approximate surface area is 175 Å². The Morgan fingerprint density at radius 2 is 1.55 bits per heavy atom. The number of aryl methyl sites for hydroxylation is 1. The number of terminal acetylenes is 1. The fourth-order valence-corrected chi connectivity index (χ4v) is 3.89. The van der Waals surface area contributed by atoms with Gasteiger partial charge in [-0.2, -0.15) is 0 Å². The summed E-state index contributed by atoms with van der Waals surface area (Å²) in [5.41, 5.74) is 1.53. The molecule has 1 heterocycles. The second-order valence-corrected chi connectivity index (χ2v) is 7.89. The van der Waals surface area contributed by atoms with Gasteiger partial charge in [0.15, 0.2) is 13.1 Å². The molecule has 1 aromatic rings. The molecule has 0 radical (unpaired) electrons. The molecule has 0 bridgehead atoms. The number of carbonyl (C=O) groups excluding carboxylic acids is 2. The standard InChI is InChI=1S/C23H34N4O2/c1-5-19-11-9-10-12-20(19)24-21(28)17-26-13-15-27(16-14-26)18-22(29)25-23(6-2,7-3)8-4/h2,9-12H,5,7-8,13-18H2,1,3-4H3,(H,24,28)(H,25,29)/p+2. The minimum Gasteiger partial charge on any atom is -0.335 e. The zero-order valence-electron chi connectivity index (χ0n) is 18.1. The summed E-state index contributed by atoms with van der Waals surface area (Å²) in [6, 6.07) is 7.94. The van der Waals surface area contributed by atoms with E-state index in [1.165, 1.54) is 9.80 Å². The molecular weight excluding hydrogens is 364 g/mol. The molecule has 158 valence electrons. The molecule has 1 fully saturated rings. The van der Waals surface area contributed by atoms with Gasteiger partial charge in [0.1, 0.15) is 31.7 Å². The minimum absolute atomic E-state index is 0.0130. The van der Waals surface area contributed by atoms with Crippen LogP contribution in [0.25, 0.3) is 0 Å². The molecule has 2 amide bonds. The lowest BCUT2D eigenvalue weighted by Gasteiger charge is -2.31. The van der Waals surface area contributed by atoms with Crippen LogP contribution in [0.4, 0.5) is 5.69 Å². The maximum atomic E-state index is 12.4. The van der Waals surface area contributed by atoms with Crippen molar-refractivity contribution < 1.29 is 19.4 Å². The molecule has 1 aliphatic heterocycles. The lowest BCUT2D eigenvalue weighted by molar-refractivity contribution is -1.00. The normalized spacial score (nSPS) is 19.2. The van der Waals surface area contributed by atoms with Gasteiger partial charge in [-0.25, -0.2) is 0 Å². The summed E-state index contributed by atoms with van der Waals surface area (Å²) in [6.07, 6.45) is 7.99. The average molecular weight is 401 g/mol. The van der Waals surface area contributed by atoms with E-state index in [4.69, 9.17) is 6.42 Å². The molecule has 0 aliphatic carbocycles. The van der Waals surface area contributed by atoms with Crippen LogP contribution in [0.15, 0.2) is 24.3 Å². The smallest absolute Gasteiger partial charge is 0.279 e. The van der Waals surface area contributed by atoms with Crippen LogP contribution in [0, 0.1) is 12.3 Å². The first kappa shape index (κ1) is 22.9. The molecule has 29 heavy (non-hydrogen) atoms. The van der Waals surface area contributed by atoms with Gasteiger partial charge in [0, 0.05) is 5.69 Å². The summed E-state index contributed by atoms with van der Waals surface area (Å²) in [4.78, 5) is 27.4. The lowest BCUT2D eigenvalue weighted by atomic mass is 9.94. The van der Waals surface area contributed by atoms with E-state index in [-0.39, 0.29) is 11.8 Å². The average Bonchev–Trinajstić information content (AvgIpc) is 2.74. The van der Waals surface area contributed by atoms with Crippen molar-refractivity contribution in [2.45, 2.75) is 45.6 Å². The van der Waals surface area contributed by atoms with Crippen LogP contribution >= 0.6 is 0 Å². The Morgan fingerprint density at radius 3 is 2.07 bits per heavy atom. The van der Waals surface area contributed by atoms with Crippen molar-refractivity contribution in [3.8, 4) is 12.3 Å². The van der Waals surface area contributed by atoms with Crippen molar-refractivity contribution in [1.82, 2.24) is 5.32 Å². The number of anilines is 1. The number of hydrogen-bond acceptors (Lipinski definition) is 2. The molecule has 0 spiro atoms. The second kappa shape index (κ2) is 11.0. The Hall–Kier alpha value is -2.36. The fourth-order valence-electron chi connectivity index (χ4n) is 3.89. The number of rotatable bonds is 9. The summed E-state index contributed by atoms with van der Waals surface area (Å²) in [7, 11) is 0. The molecule has 0 unspecified atom stereocenters. The van der Waals surface area contributed by atoms with Gasteiger partial charge in [0.05, 0.1) is 0 Å². The minimum atomic E-state index is -0.531. The third-order valence-corrected chi connectivity index (χ3v) is 6.02. The number of benzene rings is 1. The number of nitrogens with one attached hydrogen (secondary N) is 4. The van der Waals surface area contributed by atoms with Gasteiger partial charge in [-0.15, -0.1) is 6.42 Å². The van der Waals surface area contributed by atoms with Crippen LogP contribution in [0.5, 0.6) is 0 Å². The number of para-hydroxylation sites is 1. The van der Waals surface area contributed by atoms with E-state index in [1.807, 2.05) is 38.1 Å². The fraction of sp³-hybridized carbons (Fsp3) is 0.565. The Balaban J connectivity index is 1.77. The molecule has 0 atom stereocenters. The van der Waals surface area contributed by atoms with Crippen LogP contribution in [-0.4, -0.2) is 56.6 Å². The quantitative estimate of drug-likeness (QED) is 0.414. The van der Waals surface area contributed by atoms with Crippen molar-refractivity contribution in [3.05, 3.63) is 29.8 Å². The molecule has 1 saturated heterocycles. The maximum Gasteiger partial charge on any atom is 0.279 e. The first-order valence-electron chi connectivity index (χ1n) is 10.8. The highest BCUT2D eigenvalue weighted by atomic mass is 16.2. The van der Waals surface area contributed by atoms with Gasteiger partial charge in [-0.3, -0.25) is 9.59 Å². The number of carbonyl (C=O) groups is 2. The molecule has 6 nitrogen and oxygen atoms in total. The van der Waals surface area contributed by atoms with Gasteiger partial charge >= 0.3 is 0 Å². The van der Waals surface area contributed by atoms with Gasteiger partial charge in [0.25, 0.3) is 11.8 Å². The third-order valence-electron chi connectivity index (χ3n) is 6.02. The van der Waals surface area contributed by atoms with Crippen molar-refractivity contribution in [3.63, 3.8) is 0 Å². The summed E-state index contributed by atoms with van der Waals surface area (Å²) in [6.45, 7) is 10.5. The lowest BCUT2D eigenvalue weighted by Crippen LogP contribution is -3.28.